The van der Waals surface area contributed by atoms with Gasteiger partial charge in [0.25, 0.3) is 0 Å². The third-order valence-corrected chi connectivity index (χ3v) is 20.1. The van der Waals surface area contributed by atoms with E-state index in [4.69, 9.17) is 39.1 Å². The highest BCUT2D eigenvalue weighted by Gasteiger charge is 2.39. The van der Waals surface area contributed by atoms with Crippen LogP contribution < -0.4 is 104 Å². The summed E-state index contributed by atoms with van der Waals surface area (Å²) in [6, 6.07) is -0.426. The lowest BCUT2D eigenvalue weighted by molar-refractivity contribution is -0.139. The number of aliphatic hydroxyl groups excluding tert-OH is 1. The second-order valence-electron chi connectivity index (χ2n) is 29.8. The number of carbonyl (C=O) groups excluding carboxylic acids is 17. The topological polar surface area (TPSA) is 721 Å². The number of phenolic OH excluding ortho intramolecular Hbond substituents is 1. The first-order valence-electron chi connectivity index (χ1n) is 39.9. The molecular formula is C79H113N21O22S2. The van der Waals surface area contributed by atoms with E-state index in [1.54, 1.807) is 68.6 Å². The highest BCUT2D eigenvalue weighted by molar-refractivity contribution is 7.80. The molecule has 17 amide bonds. The van der Waals surface area contributed by atoms with Crippen molar-refractivity contribution in [1.82, 2.24) is 79.1 Å². The lowest BCUT2D eigenvalue weighted by Crippen LogP contribution is -2.62. The molecule has 0 fully saturated rings. The molecule has 0 radical (unpaired) electrons. The molecular weight excluding hydrogens is 1660 g/mol. The molecule has 2 aromatic heterocycles. The van der Waals surface area contributed by atoms with Crippen LogP contribution in [0, 0.1) is 5.92 Å². The molecule has 0 saturated carbocycles. The van der Waals surface area contributed by atoms with Gasteiger partial charge < -0.3 is 134 Å². The number of nitrogens with two attached hydrogens (primary N) is 6. The Balaban J connectivity index is 1.42. The minimum absolute atomic E-state index is 0.157. The van der Waals surface area contributed by atoms with Crippen LogP contribution in [0.1, 0.15) is 115 Å². The van der Waals surface area contributed by atoms with Crippen molar-refractivity contribution in [3.63, 3.8) is 0 Å². The van der Waals surface area contributed by atoms with E-state index in [-0.39, 0.29) is 69.1 Å². The number of hydrogen-bond donors (Lipinski definition) is 26. The maximum Gasteiger partial charge on any atom is 0.303 e. The Morgan fingerprint density at radius 1 is 0.444 bits per heavy atom. The predicted octanol–water partition coefficient (Wildman–Crippen LogP) is -6.15. The number of nitrogens with one attached hydrogen (secondary N) is 15. The summed E-state index contributed by atoms with van der Waals surface area (Å²) in [6.07, 6.45) is -2.56. The van der Waals surface area contributed by atoms with Crippen molar-refractivity contribution < 1.29 is 106 Å². The van der Waals surface area contributed by atoms with Crippen molar-refractivity contribution in [1.29, 1.82) is 0 Å². The van der Waals surface area contributed by atoms with Crippen LogP contribution in [0.3, 0.4) is 0 Å². The number of rotatable bonds is 57. The van der Waals surface area contributed by atoms with Gasteiger partial charge in [-0.15, -0.1) is 0 Å². The number of carboxylic acids is 1. The van der Waals surface area contributed by atoms with Crippen molar-refractivity contribution in [2.75, 3.05) is 44.4 Å². The van der Waals surface area contributed by atoms with E-state index in [1.807, 2.05) is 0 Å². The van der Waals surface area contributed by atoms with Gasteiger partial charge in [0.1, 0.15) is 78.8 Å². The number of benzene rings is 3. The number of carboxylic acid groups (broad SMARTS) is 1. The zero-order valence-electron chi connectivity index (χ0n) is 68.7. The fourth-order valence-corrected chi connectivity index (χ4v) is 13.0. The van der Waals surface area contributed by atoms with Crippen LogP contribution in [-0.4, -0.2) is 255 Å². The van der Waals surface area contributed by atoms with Gasteiger partial charge in [-0.05, 0) is 112 Å². The normalized spacial score (nSPS) is 14.3. The highest BCUT2D eigenvalue weighted by Crippen LogP contribution is 2.23. The standard InChI is InChI=1S/C79H113N21O22S2/c1-40(2)15-20-52(71(113)92-55(23-26-66(108)109)72(114)97-59(33-63(84)105)70(112)89-36-64(106)86-28-29-122-37-65(107)90-51(68(85)110)14-8-9-27-80)93-76(118)57(31-43-34-87-49-12-6-4-10-46(43)49)96-75(117)56(30-42-16-18-45(102)19-17-42)95-78(120)60(39-124)99-73(115)53(21-24-61(82)103)94-77(119)58(32-44-35-88-50-13-7-5-11-47(44)50)98-79(121)67(41(3)101)100-74(116)54(22-25-62(83)104)91-69(111)48(81)38-123/h4-7,10-13,16-19,34-35,40-41,48,51-60,67,87-88,101-102,123-124H,8-9,14-15,20-33,36-39,80-81H2,1-3H3,(H2,82,103)(H2,83,104)(H2,84,105)(H2,85,110)(H,86,106)(H,89,112)(H,90,107)(H,91,111)(H,92,113)(H,93,118)(H,94,119)(H,95,120)(H,96,117)(H,97,114)(H,98,121)(H,99,115)(H,100,116)(H,108,109)/t41-,48+,51-,52+,53+,54+,55+,56+,57+,58+,59+,60+,67+/m1/s1. The number of carbonyl (C=O) groups is 18. The summed E-state index contributed by atoms with van der Waals surface area (Å²) >= 11 is 8.37. The number of aliphatic carboxylic acids is 1. The van der Waals surface area contributed by atoms with Gasteiger partial charge in [-0.2, -0.15) is 25.3 Å². The van der Waals surface area contributed by atoms with Crippen LogP contribution in [-0.2, 0) is 110 Å². The van der Waals surface area contributed by atoms with Gasteiger partial charge in [-0.3, -0.25) is 86.3 Å². The zero-order valence-corrected chi connectivity index (χ0v) is 70.5. The minimum Gasteiger partial charge on any atom is -0.508 e. The fraction of sp³-hybridized carbons (Fsp3) is 0.494. The number of aromatic nitrogens is 2. The molecule has 43 nitrogen and oxygen atoms in total. The first kappa shape index (κ1) is 102. The van der Waals surface area contributed by atoms with Gasteiger partial charge in [0.15, 0.2) is 0 Å². The summed E-state index contributed by atoms with van der Waals surface area (Å²) in [5.74, 6) is -19.7. The quantitative estimate of drug-likeness (QED) is 0.0127. The number of unbranched alkanes of at least 4 members (excludes halogenated alkanes) is 1. The van der Waals surface area contributed by atoms with Crippen molar-refractivity contribution in [3.8, 4) is 5.75 Å². The van der Waals surface area contributed by atoms with Gasteiger partial charge in [-0.25, -0.2) is 0 Å². The van der Waals surface area contributed by atoms with Crippen LogP contribution >= 0.6 is 25.3 Å². The number of phenols is 1. The third kappa shape index (κ3) is 35.2. The molecule has 5 aromatic rings. The second kappa shape index (κ2) is 52.1. The number of para-hydroxylation sites is 2. The summed E-state index contributed by atoms with van der Waals surface area (Å²) < 4.78 is 5.27. The smallest absolute Gasteiger partial charge is 0.303 e. The summed E-state index contributed by atoms with van der Waals surface area (Å²) in [4.78, 5) is 250. The largest absolute Gasteiger partial charge is 0.508 e. The Labute approximate surface area is 723 Å². The van der Waals surface area contributed by atoms with E-state index in [0.717, 1.165) is 6.92 Å². The number of hydrogen-bond acceptors (Lipinski definition) is 25. The van der Waals surface area contributed by atoms with Crippen LogP contribution in [0.15, 0.2) is 85.2 Å². The number of thiol groups is 2. The van der Waals surface area contributed by atoms with E-state index < -0.39 is 249 Å². The number of H-pyrrole nitrogens is 2. The van der Waals surface area contributed by atoms with E-state index in [2.05, 4.69) is 104 Å². The SMILES string of the molecule is CC(C)CC[C@H](NC(=O)[C@H](Cc1c[nH]c2ccccc12)NC(=O)[C@H](Cc1ccc(O)cc1)NC(=O)[C@H](CS)NC(=O)[C@H](CCC(N)=O)NC(=O)[C@H](Cc1c[nH]c2ccccc12)NC(=O)[C@@H](NC(=O)[C@H](CCC(N)=O)NC(=O)[C@@H](N)CS)[C@@H](C)O)C(=O)N[C@@H](CCC(=O)O)C(=O)N[C@@H](CC(N)=O)C(=O)NCC(=O)NCCOCC(=O)N[C@H](CCCCN)C(N)=O. The number of aromatic hydroxyl groups is 1. The monoisotopic (exact) mass is 1770 g/mol. The van der Waals surface area contributed by atoms with Crippen molar-refractivity contribution in [3.05, 3.63) is 102 Å². The number of aromatic amines is 2. The molecule has 13 atom stereocenters. The number of amides is 17. The van der Waals surface area contributed by atoms with Gasteiger partial charge in [0.05, 0.1) is 31.7 Å². The first-order chi connectivity index (χ1) is 58.8. The molecule has 45 heteroatoms. The second-order valence-corrected chi connectivity index (χ2v) is 30.5. The summed E-state index contributed by atoms with van der Waals surface area (Å²) in [7, 11) is 0. The molecule has 3 aromatic carbocycles. The van der Waals surface area contributed by atoms with E-state index in [0.29, 0.717) is 57.9 Å². The van der Waals surface area contributed by atoms with Crippen molar-refractivity contribution in [2.45, 2.75) is 196 Å². The lowest BCUT2D eigenvalue weighted by Gasteiger charge is -2.29. The molecule has 0 aliphatic carbocycles. The molecule has 0 aliphatic rings. The Hall–Kier alpha value is -12.5. The molecule has 0 aliphatic heterocycles. The van der Waals surface area contributed by atoms with Gasteiger partial charge in [0, 0.05) is 90.8 Å². The van der Waals surface area contributed by atoms with E-state index >= 15 is 9.59 Å². The third-order valence-electron chi connectivity index (χ3n) is 19.3. The maximum absolute atomic E-state index is 15.2. The summed E-state index contributed by atoms with van der Waals surface area (Å²) in [5.41, 5.74) is 35.4. The number of fused-ring (bicyclic) bond motifs is 2. The predicted molar refractivity (Wildman–Crippen MR) is 455 cm³/mol. The lowest BCUT2D eigenvalue weighted by atomic mass is 9.99. The average molecular weight is 1770 g/mol. The van der Waals surface area contributed by atoms with Crippen LogP contribution in [0.25, 0.3) is 21.8 Å². The molecule has 0 spiro atoms. The first-order valence-corrected chi connectivity index (χ1v) is 41.1. The van der Waals surface area contributed by atoms with Gasteiger partial charge >= 0.3 is 5.97 Å². The molecule has 30 N–H and O–H groups in total. The summed E-state index contributed by atoms with van der Waals surface area (Å²) in [5, 5.41) is 64.3. The number of primary amides is 4. The zero-order chi connectivity index (χ0) is 91.9. The van der Waals surface area contributed by atoms with Crippen LogP contribution in [0.4, 0.5) is 0 Å². The molecule has 5 rings (SSSR count). The molecule has 678 valence electrons. The van der Waals surface area contributed by atoms with Crippen LogP contribution in [0.2, 0.25) is 0 Å². The molecule has 0 unspecified atom stereocenters. The molecule has 2 heterocycles. The molecule has 0 saturated heterocycles. The Kier molecular flexibility index (Phi) is 42.9. The van der Waals surface area contributed by atoms with Crippen LogP contribution in [0.5, 0.6) is 5.75 Å². The maximum atomic E-state index is 15.2. The van der Waals surface area contributed by atoms with Crippen molar-refractivity contribution >= 4 is 153 Å². The van der Waals surface area contributed by atoms with Gasteiger partial charge in [-0.1, -0.05) is 62.4 Å². The Morgan fingerprint density at radius 3 is 1.35 bits per heavy atom. The Bertz CT molecular complexity index is 4550. The number of ether oxygens (including phenoxy) is 1. The highest BCUT2D eigenvalue weighted by atomic mass is 32.1. The Morgan fingerprint density at radius 2 is 0.887 bits per heavy atom. The fourth-order valence-electron chi connectivity index (χ4n) is 12.5. The summed E-state index contributed by atoms with van der Waals surface area (Å²) in [6.45, 7) is 3.41. The van der Waals surface area contributed by atoms with Gasteiger partial charge in [0.2, 0.25) is 100 Å². The molecule has 124 heavy (non-hydrogen) atoms. The minimum atomic E-state index is -1.89. The van der Waals surface area contributed by atoms with E-state index in [9.17, 15) is 92.0 Å². The average Bonchev–Trinajstić information content (AvgIpc) is 1.65. The van der Waals surface area contributed by atoms with E-state index in [1.165, 1.54) is 30.5 Å². The molecule has 0 bridgehead atoms. The number of aliphatic hydroxyl groups is 1. The van der Waals surface area contributed by atoms with Crippen molar-refractivity contribution in [2.24, 2.45) is 40.3 Å².